The lowest BCUT2D eigenvalue weighted by Gasteiger charge is -2.09. The topological polar surface area (TPSA) is 71.1 Å². The summed E-state index contributed by atoms with van der Waals surface area (Å²) in [6.45, 7) is 1.56. The molecule has 2 aromatic rings. The van der Waals surface area contributed by atoms with Crippen molar-refractivity contribution in [3.63, 3.8) is 0 Å². The van der Waals surface area contributed by atoms with E-state index >= 15 is 0 Å². The molecule has 0 aliphatic rings. The fourth-order valence-corrected chi connectivity index (χ4v) is 2.38. The molecule has 1 aromatic carbocycles. The van der Waals surface area contributed by atoms with Gasteiger partial charge >= 0.3 is 0 Å². The van der Waals surface area contributed by atoms with E-state index in [1.165, 1.54) is 6.20 Å². The van der Waals surface area contributed by atoms with Crippen molar-refractivity contribution < 1.29 is 8.42 Å². The summed E-state index contributed by atoms with van der Waals surface area (Å²) in [6.07, 6.45) is 1.52. The van der Waals surface area contributed by atoms with Gasteiger partial charge in [0.2, 0.25) is 10.0 Å². The summed E-state index contributed by atoms with van der Waals surface area (Å²) in [5.41, 5.74) is 1.46. The number of pyridine rings is 1. The van der Waals surface area contributed by atoms with Crippen LogP contribution in [0.4, 0.5) is 17.2 Å². The van der Waals surface area contributed by atoms with Crippen LogP contribution >= 0.6 is 23.2 Å². The number of halogens is 2. The van der Waals surface area contributed by atoms with Gasteiger partial charge in [-0.3, -0.25) is 4.72 Å². The first-order valence-corrected chi connectivity index (χ1v) is 8.49. The Balaban J connectivity index is 2.10. The largest absolute Gasteiger partial charge is 0.354 e. The molecule has 0 bridgehead atoms. The van der Waals surface area contributed by atoms with Gasteiger partial charge in [-0.05, 0) is 37.3 Å². The maximum atomic E-state index is 11.4. The first kappa shape index (κ1) is 15.9. The second-order valence-electron chi connectivity index (χ2n) is 4.19. The van der Waals surface area contributed by atoms with Crippen molar-refractivity contribution in [2.45, 2.75) is 6.92 Å². The summed E-state index contributed by atoms with van der Waals surface area (Å²) in [7, 11) is -3.32. The zero-order chi connectivity index (χ0) is 15.5. The van der Waals surface area contributed by atoms with Crippen molar-refractivity contribution >= 4 is 50.4 Å². The van der Waals surface area contributed by atoms with Crippen LogP contribution in [0.2, 0.25) is 10.0 Å². The van der Waals surface area contributed by atoms with Crippen molar-refractivity contribution in [2.75, 3.05) is 15.8 Å². The third kappa shape index (κ3) is 4.49. The standard InChI is InChI=1S/C13H13Cl2N3O2S/c1-2-21(19,20)18-13-6-4-10(8-16-13)17-9-3-5-11(14)12(15)7-9/h3-8,17H,2H2,1H3,(H,16,18). The summed E-state index contributed by atoms with van der Waals surface area (Å²) < 4.78 is 25.2. The SMILES string of the molecule is CCS(=O)(=O)Nc1ccc(Nc2ccc(Cl)c(Cl)c2)cn1. The Morgan fingerprint density at radius 3 is 2.38 bits per heavy atom. The maximum Gasteiger partial charge on any atom is 0.233 e. The lowest BCUT2D eigenvalue weighted by atomic mass is 10.3. The Morgan fingerprint density at radius 2 is 1.81 bits per heavy atom. The van der Waals surface area contributed by atoms with E-state index in [0.717, 1.165) is 5.69 Å². The second kappa shape index (κ2) is 6.51. The number of sulfonamides is 1. The molecule has 2 rings (SSSR count). The Morgan fingerprint density at radius 1 is 1.10 bits per heavy atom. The average Bonchev–Trinajstić information content (AvgIpc) is 2.45. The minimum atomic E-state index is -3.32. The molecule has 5 nitrogen and oxygen atoms in total. The third-order valence-corrected chi connectivity index (χ3v) is 4.63. The van der Waals surface area contributed by atoms with Gasteiger partial charge in [0.1, 0.15) is 5.82 Å². The molecule has 0 radical (unpaired) electrons. The molecule has 0 aliphatic heterocycles. The van der Waals surface area contributed by atoms with Crippen molar-refractivity contribution in [2.24, 2.45) is 0 Å². The summed E-state index contributed by atoms with van der Waals surface area (Å²) >= 11 is 11.8. The molecule has 112 valence electrons. The molecule has 0 saturated heterocycles. The van der Waals surface area contributed by atoms with E-state index < -0.39 is 10.0 Å². The highest BCUT2D eigenvalue weighted by Crippen LogP contribution is 2.27. The maximum absolute atomic E-state index is 11.4. The Labute approximate surface area is 133 Å². The molecular formula is C13H13Cl2N3O2S. The van der Waals surface area contributed by atoms with Gasteiger partial charge in [-0.1, -0.05) is 23.2 Å². The van der Waals surface area contributed by atoms with Gasteiger partial charge in [0.05, 0.1) is 27.7 Å². The number of hydrogen-bond acceptors (Lipinski definition) is 4. The van der Waals surface area contributed by atoms with Crippen LogP contribution in [0.1, 0.15) is 6.92 Å². The number of rotatable bonds is 5. The molecule has 8 heteroatoms. The van der Waals surface area contributed by atoms with E-state index in [-0.39, 0.29) is 11.6 Å². The first-order valence-electron chi connectivity index (χ1n) is 6.08. The van der Waals surface area contributed by atoms with Gasteiger partial charge in [0, 0.05) is 5.69 Å². The predicted molar refractivity (Wildman–Crippen MR) is 87.1 cm³/mol. The first-order chi connectivity index (χ1) is 9.89. The van der Waals surface area contributed by atoms with E-state index in [1.807, 2.05) is 0 Å². The lowest BCUT2D eigenvalue weighted by molar-refractivity contribution is 0.602. The smallest absolute Gasteiger partial charge is 0.233 e. The van der Waals surface area contributed by atoms with Crippen molar-refractivity contribution in [3.05, 3.63) is 46.6 Å². The van der Waals surface area contributed by atoms with Crippen LogP contribution in [0.3, 0.4) is 0 Å². The van der Waals surface area contributed by atoms with E-state index in [4.69, 9.17) is 23.2 Å². The van der Waals surface area contributed by atoms with Gasteiger partial charge in [-0.15, -0.1) is 0 Å². The zero-order valence-electron chi connectivity index (χ0n) is 11.1. The molecule has 2 N–H and O–H groups in total. The third-order valence-electron chi connectivity index (χ3n) is 2.61. The summed E-state index contributed by atoms with van der Waals surface area (Å²) in [5.74, 6) is 0.273. The van der Waals surface area contributed by atoms with E-state index in [9.17, 15) is 8.42 Å². The number of nitrogens with zero attached hydrogens (tertiary/aromatic N) is 1. The van der Waals surface area contributed by atoms with E-state index in [0.29, 0.717) is 15.7 Å². The van der Waals surface area contributed by atoms with Gasteiger partial charge in [-0.25, -0.2) is 13.4 Å². The molecular weight excluding hydrogens is 333 g/mol. The normalized spacial score (nSPS) is 11.2. The molecule has 1 aromatic heterocycles. The zero-order valence-corrected chi connectivity index (χ0v) is 13.4. The van der Waals surface area contributed by atoms with Crippen LogP contribution in [0.25, 0.3) is 0 Å². The monoisotopic (exact) mass is 345 g/mol. The Kier molecular flexibility index (Phi) is 4.92. The molecule has 0 fully saturated rings. The molecule has 0 saturated carbocycles. The predicted octanol–water partition coefficient (Wildman–Crippen LogP) is 3.89. The minimum Gasteiger partial charge on any atom is -0.354 e. The fraction of sp³-hybridized carbons (Fsp3) is 0.154. The van der Waals surface area contributed by atoms with Crippen LogP contribution in [0.5, 0.6) is 0 Å². The lowest BCUT2D eigenvalue weighted by Crippen LogP contribution is -2.15. The fourth-order valence-electron chi connectivity index (χ4n) is 1.50. The summed E-state index contributed by atoms with van der Waals surface area (Å²) in [6, 6.07) is 8.44. The second-order valence-corrected chi connectivity index (χ2v) is 7.02. The Bertz CT molecular complexity index is 734. The highest BCUT2D eigenvalue weighted by atomic mass is 35.5. The molecule has 0 spiro atoms. The highest BCUT2D eigenvalue weighted by Gasteiger charge is 2.07. The molecule has 21 heavy (non-hydrogen) atoms. The van der Waals surface area contributed by atoms with Crippen LogP contribution in [-0.2, 0) is 10.0 Å². The molecule has 0 unspecified atom stereocenters. The van der Waals surface area contributed by atoms with Crippen molar-refractivity contribution in [1.29, 1.82) is 0 Å². The minimum absolute atomic E-state index is 0.00203. The number of aromatic nitrogens is 1. The Hall–Kier alpha value is -1.50. The van der Waals surface area contributed by atoms with Crippen LogP contribution < -0.4 is 10.0 Å². The number of benzene rings is 1. The molecule has 1 heterocycles. The number of anilines is 3. The van der Waals surface area contributed by atoms with Crippen LogP contribution in [0.15, 0.2) is 36.5 Å². The van der Waals surface area contributed by atoms with Crippen molar-refractivity contribution in [1.82, 2.24) is 4.98 Å². The van der Waals surface area contributed by atoms with E-state index in [2.05, 4.69) is 15.0 Å². The van der Waals surface area contributed by atoms with Gasteiger partial charge < -0.3 is 5.32 Å². The highest BCUT2D eigenvalue weighted by molar-refractivity contribution is 7.92. The van der Waals surface area contributed by atoms with E-state index in [1.54, 1.807) is 37.3 Å². The van der Waals surface area contributed by atoms with Crippen LogP contribution in [-0.4, -0.2) is 19.2 Å². The molecule has 0 aliphatic carbocycles. The quantitative estimate of drug-likeness (QED) is 0.862. The van der Waals surface area contributed by atoms with Crippen molar-refractivity contribution in [3.8, 4) is 0 Å². The summed E-state index contributed by atoms with van der Waals surface area (Å²) in [5, 5.41) is 4.02. The average molecular weight is 346 g/mol. The van der Waals surface area contributed by atoms with Gasteiger partial charge in [0.15, 0.2) is 0 Å². The summed E-state index contributed by atoms with van der Waals surface area (Å²) in [4.78, 5) is 4.04. The van der Waals surface area contributed by atoms with Gasteiger partial charge in [0.25, 0.3) is 0 Å². The number of hydrogen-bond donors (Lipinski definition) is 2. The molecule has 0 amide bonds. The molecule has 0 atom stereocenters. The van der Waals surface area contributed by atoms with Gasteiger partial charge in [-0.2, -0.15) is 0 Å². The number of nitrogens with one attached hydrogen (secondary N) is 2. The van der Waals surface area contributed by atoms with Crippen LogP contribution in [0, 0.1) is 0 Å².